The number of anilines is 1. The quantitative estimate of drug-likeness (QED) is 0.812. The van der Waals surface area contributed by atoms with Gasteiger partial charge in [0.25, 0.3) is 0 Å². The lowest BCUT2D eigenvalue weighted by molar-refractivity contribution is 0.306. The second kappa shape index (κ2) is 4.51. The van der Waals surface area contributed by atoms with Crippen molar-refractivity contribution in [2.75, 3.05) is 5.32 Å². The Morgan fingerprint density at radius 2 is 2.00 bits per heavy atom. The summed E-state index contributed by atoms with van der Waals surface area (Å²) in [5, 5.41) is 3.29. The molecular weight excluding hydrogens is 250 g/mol. The fourth-order valence-electron chi connectivity index (χ4n) is 2.82. The van der Waals surface area contributed by atoms with Crippen LogP contribution in [0.15, 0.2) is 23.4 Å². The van der Waals surface area contributed by atoms with Gasteiger partial charge in [-0.1, -0.05) is 19.3 Å². The van der Waals surface area contributed by atoms with Crippen LogP contribution in [-0.4, -0.2) is 19.6 Å². The molecule has 0 spiro atoms. The van der Waals surface area contributed by atoms with Gasteiger partial charge in [0, 0.05) is 12.4 Å². The van der Waals surface area contributed by atoms with Crippen LogP contribution < -0.4 is 10.0 Å². The Hall–Kier alpha value is -1.14. The van der Waals surface area contributed by atoms with Gasteiger partial charge in [-0.2, -0.15) is 4.72 Å². The molecule has 1 fully saturated rings. The van der Waals surface area contributed by atoms with Gasteiger partial charge < -0.3 is 5.32 Å². The second-order valence-electron chi connectivity index (χ2n) is 5.01. The Morgan fingerprint density at radius 3 is 2.78 bits per heavy atom. The lowest BCUT2D eigenvalue weighted by Gasteiger charge is -2.35. The van der Waals surface area contributed by atoms with Crippen LogP contribution in [0.2, 0.25) is 0 Å². The molecule has 3 rings (SSSR count). The molecule has 0 amide bonds. The lowest BCUT2D eigenvalue weighted by atomic mass is 9.87. The van der Waals surface area contributed by atoms with Crippen LogP contribution in [0.3, 0.4) is 0 Å². The second-order valence-corrected chi connectivity index (χ2v) is 6.70. The van der Waals surface area contributed by atoms with Crippen molar-refractivity contribution in [3.63, 3.8) is 0 Å². The molecule has 1 aliphatic heterocycles. The Morgan fingerprint density at radius 1 is 1.22 bits per heavy atom. The summed E-state index contributed by atoms with van der Waals surface area (Å²) in [5.74, 6) is 0.384. The average Bonchev–Trinajstić information content (AvgIpc) is 2.39. The maximum atomic E-state index is 12.1. The van der Waals surface area contributed by atoms with Gasteiger partial charge in [-0.15, -0.1) is 0 Å². The third kappa shape index (κ3) is 2.10. The first-order chi connectivity index (χ1) is 8.67. The number of nitrogens with one attached hydrogen (secondary N) is 2. The Balaban J connectivity index is 1.90. The SMILES string of the molecule is O=S1(=O)NC(C2CCCCC2)Nc2ccncc21. The summed E-state index contributed by atoms with van der Waals surface area (Å²) in [6, 6.07) is 1.73. The van der Waals surface area contributed by atoms with E-state index in [0.29, 0.717) is 11.6 Å². The van der Waals surface area contributed by atoms with Crippen molar-refractivity contribution >= 4 is 15.7 Å². The van der Waals surface area contributed by atoms with E-state index in [9.17, 15) is 8.42 Å². The largest absolute Gasteiger partial charge is 0.367 e. The highest BCUT2D eigenvalue weighted by molar-refractivity contribution is 7.89. The molecule has 18 heavy (non-hydrogen) atoms. The van der Waals surface area contributed by atoms with E-state index in [1.807, 2.05) is 0 Å². The zero-order valence-corrected chi connectivity index (χ0v) is 10.9. The van der Waals surface area contributed by atoms with Crippen LogP contribution in [-0.2, 0) is 10.0 Å². The molecule has 1 saturated carbocycles. The van der Waals surface area contributed by atoms with E-state index in [4.69, 9.17) is 0 Å². The molecule has 98 valence electrons. The minimum atomic E-state index is -3.42. The standard InChI is InChI=1S/C12H17N3O2S/c16-18(17)11-8-13-7-6-10(11)14-12(15-18)9-4-2-1-3-5-9/h6-9,12,14-15H,1-5H2. The third-order valence-corrected chi connectivity index (χ3v) is 5.26. The van der Waals surface area contributed by atoms with Gasteiger partial charge >= 0.3 is 0 Å². The van der Waals surface area contributed by atoms with Crippen LogP contribution in [0, 0.1) is 5.92 Å². The van der Waals surface area contributed by atoms with Crippen molar-refractivity contribution in [3.05, 3.63) is 18.5 Å². The normalized spacial score (nSPS) is 27.2. The van der Waals surface area contributed by atoms with Crippen molar-refractivity contribution in [1.82, 2.24) is 9.71 Å². The van der Waals surface area contributed by atoms with E-state index in [2.05, 4.69) is 15.0 Å². The van der Waals surface area contributed by atoms with Gasteiger partial charge in [0.1, 0.15) is 4.90 Å². The molecule has 2 N–H and O–H groups in total. The Kier molecular flexibility index (Phi) is 2.99. The highest BCUT2D eigenvalue weighted by Gasteiger charge is 2.34. The van der Waals surface area contributed by atoms with Gasteiger partial charge in [-0.05, 0) is 24.8 Å². The predicted octanol–water partition coefficient (Wildman–Crippen LogP) is 1.69. The van der Waals surface area contributed by atoms with Crippen LogP contribution in [0.4, 0.5) is 5.69 Å². The summed E-state index contributed by atoms with van der Waals surface area (Å²) in [7, 11) is -3.42. The van der Waals surface area contributed by atoms with Gasteiger partial charge in [0.15, 0.2) is 0 Å². The van der Waals surface area contributed by atoms with Crippen molar-refractivity contribution in [3.8, 4) is 0 Å². The zero-order chi connectivity index (χ0) is 12.6. The number of hydrogen-bond acceptors (Lipinski definition) is 4. The smallest absolute Gasteiger partial charge is 0.245 e. The van der Waals surface area contributed by atoms with Crippen molar-refractivity contribution in [2.45, 2.75) is 43.2 Å². The number of nitrogens with zero attached hydrogens (tertiary/aromatic N) is 1. The highest BCUT2D eigenvalue weighted by atomic mass is 32.2. The summed E-state index contributed by atoms with van der Waals surface area (Å²) in [6.07, 6.45) is 8.64. The Bertz CT molecular complexity index is 538. The summed E-state index contributed by atoms with van der Waals surface area (Å²) in [4.78, 5) is 4.12. The summed E-state index contributed by atoms with van der Waals surface area (Å²) < 4.78 is 27.0. The van der Waals surface area contributed by atoms with E-state index in [-0.39, 0.29) is 11.1 Å². The van der Waals surface area contributed by atoms with E-state index in [1.54, 1.807) is 12.3 Å². The van der Waals surface area contributed by atoms with E-state index in [1.165, 1.54) is 25.5 Å². The maximum absolute atomic E-state index is 12.1. The molecule has 1 atom stereocenters. The summed E-state index contributed by atoms with van der Waals surface area (Å²) in [6.45, 7) is 0. The maximum Gasteiger partial charge on any atom is 0.245 e. The molecule has 6 heteroatoms. The fraction of sp³-hybridized carbons (Fsp3) is 0.583. The Labute approximate surface area is 107 Å². The van der Waals surface area contributed by atoms with E-state index in [0.717, 1.165) is 12.8 Å². The van der Waals surface area contributed by atoms with Crippen molar-refractivity contribution in [2.24, 2.45) is 5.92 Å². The predicted molar refractivity (Wildman–Crippen MR) is 68.5 cm³/mol. The first-order valence-electron chi connectivity index (χ1n) is 6.40. The van der Waals surface area contributed by atoms with E-state index < -0.39 is 10.0 Å². The number of aromatic nitrogens is 1. The van der Waals surface area contributed by atoms with Crippen LogP contribution in [0.25, 0.3) is 0 Å². The molecule has 5 nitrogen and oxygen atoms in total. The molecule has 1 unspecified atom stereocenters. The summed E-state index contributed by atoms with van der Waals surface area (Å²) in [5.41, 5.74) is 0.666. The number of hydrogen-bond donors (Lipinski definition) is 2. The van der Waals surface area contributed by atoms with Gasteiger partial charge in [-0.3, -0.25) is 4.98 Å². The topological polar surface area (TPSA) is 71.1 Å². The lowest BCUT2D eigenvalue weighted by Crippen LogP contribution is -2.49. The minimum Gasteiger partial charge on any atom is -0.367 e. The average molecular weight is 267 g/mol. The molecule has 1 aromatic rings. The monoisotopic (exact) mass is 267 g/mol. The molecule has 1 aliphatic carbocycles. The van der Waals surface area contributed by atoms with Crippen molar-refractivity contribution in [1.29, 1.82) is 0 Å². The zero-order valence-electron chi connectivity index (χ0n) is 10.1. The van der Waals surface area contributed by atoms with Crippen molar-refractivity contribution < 1.29 is 8.42 Å². The molecule has 2 aliphatic rings. The fourth-order valence-corrected chi connectivity index (χ4v) is 4.15. The minimum absolute atomic E-state index is 0.176. The third-order valence-electron chi connectivity index (χ3n) is 3.79. The molecule has 0 radical (unpaired) electrons. The molecule has 0 aromatic carbocycles. The molecule has 2 heterocycles. The number of rotatable bonds is 1. The van der Waals surface area contributed by atoms with Crippen LogP contribution in [0.1, 0.15) is 32.1 Å². The summed E-state index contributed by atoms with van der Waals surface area (Å²) >= 11 is 0. The molecule has 0 saturated heterocycles. The number of fused-ring (bicyclic) bond motifs is 1. The van der Waals surface area contributed by atoms with Crippen LogP contribution >= 0.6 is 0 Å². The first-order valence-corrected chi connectivity index (χ1v) is 7.88. The van der Waals surface area contributed by atoms with Gasteiger partial charge in [0.2, 0.25) is 10.0 Å². The first kappa shape index (κ1) is 11.9. The van der Waals surface area contributed by atoms with Crippen LogP contribution in [0.5, 0.6) is 0 Å². The molecule has 0 bridgehead atoms. The van der Waals surface area contributed by atoms with Gasteiger partial charge in [0.05, 0.1) is 11.9 Å². The number of pyridine rings is 1. The molecule has 1 aromatic heterocycles. The molecular formula is C12H17N3O2S. The number of sulfonamides is 1. The van der Waals surface area contributed by atoms with Gasteiger partial charge in [-0.25, -0.2) is 8.42 Å². The van der Waals surface area contributed by atoms with E-state index >= 15 is 0 Å². The highest BCUT2D eigenvalue weighted by Crippen LogP contribution is 2.32.